The molecule has 0 aliphatic heterocycles. The predicted octanol–water partition coefficient (Wildman–Crippen LogP) is 2.28. The van der Waals surface area contributed by atoms with Gasteiger partial charge >= 0.3 is 0 Å². The van der Waals surface area contributed by atoms with Crippen LogP contribution in [0.25, 0.3) is 11.0 Å². The molecule has 3 heteroatoms. The SMILES string of the molecule is CC(O)CCCc1nc2ccccc2n1C. The van der Waals surface area contributed by atoms with Crippen molar-refractivity contribution in [3.8, 4) is 0 Å². The Morgan fingerprint density at radius 3 is 2.81 bits per heavy atom. The molecule has 0 aliphatic rings. The number of imidazole rings is 1. The third-order valence-electron chi connectivity index (χ3n) is 2.90. The summed E-state index contributed by atoms with van der Waals surface area (Å²) in [6, 6.07) is 8.16. The molecule has 0 aliphatic carbocycles. The Labute approximate surface area is 95.7 Å². The molecule has 2 rings (SSSR count). The fraction of sp³-hybridized carbons (Fsp3) is 0.462. The molecule has 0 spiro atoms. The first-order chi connectivity index (χ1) is 7.68. The molecular formula is C13H18N2O. The largest absolute Gasteiger partial charge is 0.393 e. The van der Waals surface area contributed by atoms with Crippen molar-refractivity contribution in [2.24, 2.45) is 7.05 Å². The lowest BCUT2D eigenvalue weighted by atomic mass is 10.2. The van der Waals surface area contributed by atoms with Gasteiger partial charge in [0, 0.05) is 13.5 Å². The van der Waals surface area contributed by atoms with Crippen molar-refractivity contribution in [2.45, 2.75) is 32.3 Å². The molecule has 0 bridgehead atoms. The molecule has 1 N–H and O–H groups in total. The molecule has 0 saturated carbocycles. The molecule has 1 unspecified atom stereocenters. The van der Waals surface area contributed by atoms with E-state index in [9.17, 15) is 5.11 Å². The molecule has 2 aromatic rings. The van der Waals surface area contributed by atoms with E-state index >= 15 is 0 Å². The van der Waals surface area contributed by atoms with Crippen molar-refractivity contribution in [2.75, 3.05) is 0 Å². The van der Waals surface area contributed by atoms with Crippen LogP contribution in [0.4, 0.5) is 0 Å². The number of aliphatic hydroxyl groups is 1. The van der Waals surface area contributed by atoms with Crippen LogP contribution in [-0.4, -0.2) is 20.8 Å². The van der Waals surface area contributed by atoms with Crippen LogP contribution >= 0.6 is 0 Å². The summed E-state index contributed by atoms with van der Waals surface area (Å²) in [7, 11) is 2.05. The third kappa shape index (κ3) is 2.25. The summed E-state index contributed by atoms with van der Waals surface area (Å²) in [4.78, 5) is 4.59. The van der Waals surface area contributed by atoms with Gasteiger partial charge in [0.15, 0.2) is 0 Å². The second-order valence-electron chi connectivity index (χ2n) is 4.32. The van der Waals surface area contributed by atoms with E-state index in [0.29, 0.717) is 0 Å². The van der Waals surface area contributed by atoms with Crippen molar-refractivity contribution < 1.29 is 5.11 Å². The van der Waals surface area contributed by atoms with Gasteiger partial charge < -0.3 is 9.67 Å². The molecule has 1 aromatic heterocycles. The summed E-state index contributed by atoms with van der Waals surface area (Å²) in [5.41, 5.74) is 2.23. The highest BCUT2D eigenvalue weighted by Crippen LogP contribution is 2.15. The normalized spacial score (nSPS) is 13.2. The molecule has 1 heterocycles. The van der Waals surface area contributed by atoms with E-state index in [2.05, 4.69) is 15.6 Å². The monoisotopic (exact) mass is 218 g/mol. The van der Waals surface area contributed by atoms with Crippen molar-refractivity contribution >= 4 is 11.0 Å². The Morgan fingerprint density at radius 2 is 2.12 bits per heavy atom. The number of rotatable bonds is 4. The van der Waals surface area contributed by atoms with Crippen molar-refractivity contribution in [3.05, 3.63) is 30.1 Å². The molecule has 16 heavy (non-hydrogen) atoms. The Morgan fingerprint density at radius 1 is 1.38 bits per heavy atom. The van der Waals surface area contributed by atoms with E-state index in [1.807, 2.05) is 32.2 Å². The van der Waals surface area contributed by atoms with E-state index in [1.54, 1.807) is 0 Å². The standard InChI is InChI=1S/C13H18N2O/c1-10(16)6-5-9-13-14-11-7-3-4-8-12(11)15(13)2/h3-4,7-8,10,16H,5-6,9H2,1-2H3. The fourth-order valence-corrected chi connectivity index (χ4v) is 1.97. The maximum absolute atomic E-state index is 9.21. The zero-order valence-electron chi connectivity index (χ0n) is 9.85. The van der Waals surface area contributed by atoms with Crippen LogP contribution in [-0.2, 0) is 13.5 Å². The molecule has 0 saturated heterocycles. The Hall–Kier alpha value is -1.35. The maximum atomic E-state index is 9.21. The molecule has 86 valence electrons. The maximum Gasteiger partial charge on any atom is 0.109 e. The molecule has 0 radical (unpaired) electrons. The van der Waals surface area contributed by atoms with Crippen LogP contribution in [0.2, 0.25) is 0 Å². The van der Waals surface area contributed by atoms with E-state index in [4.69, 9.17) is 0 Å². The van der Waals surface area contributed by atoms with Crippen LogP contribution in [0.15, 0.2) is 24.3 Å². The van der Waals surface area contributed by atoms with Gasteiger partial charge in [0.05, 0.1) is 17.1 Å². The fourth-order valence-electron chi connectivity index (χ4n) is 1.97. The zero-order chi connectivity index (χ0) is 11.5. The topological polar surface area (TPSA) is 38.1 Å². The Bertz CT molecular complexity index is 474. The summed E-state index contributed by atoms with van der Waals surface area (Å²) >= 11 is 0. The second kappa shape index (κ2) is 4.66. The van der Waals surface area contributed by atoms with Gasteiger partial charge in [-0.15, -0.1) is 0 Å². The lowest BCUT2D eigenvalue weighted by Gasteiger charge is -2.04. The molecule has 3 nitrogen and oxygen atoms in total. The van der Waals surface area contributed by atoms with Crippen molar-refractivity contribution in [1.29, 1.82) is 0 Å². The third-order valence-corrected chi connectivity index (χ3v) is 2.90. The molecule has 1 aromatic carbocycles. The van der Waals surface area contributed by atoms with Crippen LogP contribution < -0.4 is 0 Å². The van der Waals surface area contributed by atoms with Gasteiger partial charge in [0.2, 0.25) is 0 Å². The van der Waals surface area contributed by atoms with E-state index in [0.717, 1.165) is 30.6 Å². The van der Waals surface area contributed by atoms with Crippen molar-refractivity contribution in [3.63, 3.8) is 0 Å². The number of para-hydroxylation sites is 2. The van der Waals surface area contributed by atoms with Crippen molar-refractivity contribution in [1.82, 2.24) is 9.55 Å². The van der Waals surface area contributed by atoms with Gasteiger partial charge in [-0.3, -0.25) is 0 Å². The molecule has 0 fully saturated rings. The smallest absolute Gasteiger partial charge is 0.109 e. The minimum atomic E-state index is -0.213. The number of hydrogen-bond acceptors (Lipinski definition) is 2. The first kappa shape index (κ1) is 11.1. The number of aliphatic hydroxyl groups excluding tert-OH is 1. The lowest BCUT2D eigenvalue weighted by molar-refractivity contribution is 0.181. The van der Waals surface area contributed by atoms with Gasteiger partial charge in [0.25, 0.3) is 0 Å². The van der Waals surface area contributed by atoms with Gasteiger partial charge in [-0.25, -0.2) is 4.98 Å². The van der Waals surface area contributed by atoms with Crippen LogP contribution in [0.5, 0.6) is 0 Å². The number of aromatic nitrogens is 2. The molecule has 0 amide bonds. The minimum absolute atomic E-state index is 0.213. The second-order valence-corrected chi connectivity index (χ2v) is 4.32. The van der Waals surface area contributed by atoms with Crippen LogP contribution in [0.3, 0.4) is 0 Å². The van der Waals surface area contributed by atoms with Crippen LogP contribution in [0, 0.1) is 0 Å². The highest BCUT2D eigenvalue weighted by molar-refractivity contribution is 5.75. The Balaban J connectivity index is 2.15. The number of nitrogens with zero attached hydrogens (tertiary/aromatic N) is 2. The summed E-state index contributed by atoms with van der Waals surface area (Å²) < 4.78 is 2.14. The number of benzene rings is 1. The molecule has 1 atom stereocenters. The van der Waals surface area contributed by atoms with Gasteiger partial charge in [0.1, 0.15) is 5.82 Å². The first-order valence-electron chi connectivity index (χ1n) is 5.77. The molecular weight excluding hydrogens is 200 g/mol. The van der Waals surface area contributed by atoms with Crippen LogP contribution in [0.1, 0.15) is 25.6 Å². The highest BCUT2D eigenvalue weighted by atomic mass is 16.3. The van der Waals surface area contributed by atoms with E-state index < -0.39 is 0 Å². The summed E-state index contributed by atoms with van der Waals surface area (Å²) in [5.74, 6) is 1.10. The lowest BCUT2D eigenvalue weighted by Crippen LogP contribution is -2.03. The van der Waals surface area contributed by atoms with Gasteiger partial charge in [-0.2, -0.15) is 0 Å². The van der Waals surface area contributed by atoms with E-state index in [1.165, 1.54) is 5.52 Å². The summed E-state index contributed by atoms with van der Waals surface area (Å²) in [5, 5.41) is 9.21. The average molecular weight is 218 g/mol. The van der Waals surface area contributed by atoms with Gasteiger partial charge in [-0.1, -0.05) is 12.1 Å². The number of hydrogen-bond donors (Lipinski definition) is 1. The quantitative estimate of drug-likeness (QED) is 0.855. The highest BCUT2D eigenvalue weighted by Gasteiger charge is 2.06. The minimum Gasteiger partial charge on any atom is -0.393 e. The summed E-state index contributed by atoms with van der Waals surface area (Å²) in [6.07, 6.45) is 2.53. The zero-order valence-corrected chi connectivity index (χ0v) is 9.85. The predicted molar refractivity (Wildman–Crippen MR) is 65.3 cm³/mol. The number of fused-ring (bicyclic) bond motifs is 1. The first-order valence-corrected chi connectivity index (χ1v) is 5.77. The van der Waals surface area contributed by atoms with Gasteiger partial charge in [-0.05, 0) is 31.9 Å². The summed E-state index contributed by atoms with van der Waals surface area (Å²) in [6.45, 7) is 1.83. The average Bonchev–Trinajstić information content (AvgIpc) is 2.56. The van der Waals surface area contributed by atoms with E-state index in [-0.39, 0.29) is 6.10 Å². The Kier molecular flexibility index (Phi) is 3.25. The number of aryl methyl sites for hydroxylation is 2.